The highest BCUT2D eigenvalue weighted by Gasteiger charge is 2.19. The molecule has 6 nitrogen and oxygen atoms in total. The van der Waals surface area contributed by atoms with Crippen molar-refractivity contribution in [2.75, 3.05) is 11.9 Å². The number of amides is 1. The summed E-state index contributed by atoms with van der Waals surface area (Å²) >= 11 is 0. The van der Waals surface area contributed by atoms with E-state index < -0.39 is 17.9 Å². The molecule has 0 heterocycles. The van der Waals surface area contributed by atoms with Crippen molar-refractivity contribution in [1.82, 2.24) is 0 Å². The van der Waals surface area contributed by atoms with Crippen LogP contribution in [0.4, 0.5) is 5.69 Å². The molecule has 0 aliphatic heterocycles. The van der Waals surface area contributed by atoms with Crippen molar-refractivity contribution in [1.29, 1.82) is 0 Å². The van der Waals surface area contributed by atoms with Gasteiger partial charge in [0.25, 0.3) is 0 Å². The van der Waals surface area contributed by atoms with Crippen LogP contribution in [-0.2, 0) is 14.3 Å². The van der Waals surface area contributed by atoms with Crippen molar-refractivity contribution in [2.24, 2.45) is 5.73 Å². The van der Waals surface area contributed by atoms with Gasteiger partial charge in [0, 0.05) is 5.56 Å². The minimum atomic E-state index is -1.05. The van der Waals surface area contributed by atoms with Gasteiger partial charge in [-0.3, -0.25) is 14.4 Å². The lowest BCUT2D eigenvalue weighted by molar-refractivity contribution is -0.143. The van der Waals surface area contributed by atoms with E-state index in [9.17, 15) is 14.4 Å². The number of ether oxygens (including phenoxy) is 1. The van der Waals surface area contributed by atoms with E-state index in [0.29, 0.717) is 17.5 Å². The van der Waals surface area contributed by atoms with Gasteiger partial charge >= 0.3 is 5.97 Å². The van der Waals surface area contributed by atoms with Gasteiger partial charge < -0.3 is 15.8 Å². The molecule has 0 saturated heterocycles. The molecule has 0 radical (unpaired) electrons. The highest BCUT2D eigenvalue weighted by atomic mass is 16.5. The SMILES string of the molecule is C=CCOC(=O)C[C@H](N)C(=O)Nc1ccccc1C=O. The summed E-state index contributed by atoms with van der Waals surface area (Å²) < 4.78 is 4.73. The average molecular weight is 276 g/mol. The predicted molar refractivity (Wildman–Crippen MR) is 74.2 cm³/mol. The zero-order valence-electron chi connectivity index (χ0n) is 10.9. The molecule has 0 bridgehead atoms. The fraction of sp³-hybridized carbons (Fsp3) is 0.214. The standard InChI is InChI=1S/C14H16N2O4/c1-2-7-20-13(18)8-11(15)14(19)16-12-6-4-3-5-10(12)9-17/h2-6,9,11H,1,7-8,15H2,(H,16,19)/t11-/m0/s1. The van der Waals surface area contributed by atoms with Crippen molar-refractivity contribution in [3.05, 3.63) is 42.5 Å². The first-order valence-corrected chi connectivity index (χ1v) is 5.95. The molecule has 1 rings (SSSR count). The van der Waals surface area contributed by atoms with E-state index in [1.807, 2.05) is 0 Å². The smallest absolute Gasteiger partial charge is 0.308 e. The van der Waals surface area contributed by atoms with Crippen LogP contribution >= 0.6 is 0 Å². The number of aldehydes is 1. The van der Waals surface area contributed by atoms with Crippen LogP contribution in [0.3, 0.4) is 0 Å². The normalized spacial score (nSPS) is 11.2. The number of nitrogens with two attached hydrogens (primary N) is 1. The first kappa shape index (κ1) is 15.6. The summed E-state index contributed by atoms with van der Waals surface area (Å²) in [4.78, 5) is 33.9. The molecule has 1 atom stereocenters. The average Bonchev–Trinajstić information content (AvgIpc) is 2.45. The Balaban J connectivity index is 2.59. The Kier molecular flexibility index (Phi) is 6.12. The van der Waals surface area contributed by atoms with Crippen LogP contribution in [0.5, 0.6) is 0 Å². The number of para-hydroxylation sites is 1. The molecular weight excluding hydrogens is 260 g/mol. The molecule has 1 amide bonds. The van der Waals surface area contributed by atoms with Crippen LogP contribution in [0.2, 0.25) is 0 Å². The van der Waals surface area contributed by atoms with Gasteiger partial charge in [-0.25, -0.2) is 0 Å². The summed E-state index contributed by atoms with van der Waals surface area (Å²) in [6.45, 7) is 3.47. The Morgan fingerprint density at radius 1 is 1.40 bits per heavy atom. The number of anilines is 1. The number of carbonyl (C=O) groups excluding carboxylic acids is 3. The Morgan fingerprint density at radius 2 is 2.10 bits per heavy atom. The van der Waals surface area contributed by atoms with Crippen molar-refractivity contribution in [3.63, 3.8) is 0 Å². The quantitative estimate of drug-likeness (QED) is 0.437. The zero-order valence-corrected chi connectivity index (χ0v) is 10.9. The molecule has 1 aromatic rings. The third kappa shape index (κ3) is 4.66. The van der Waals surface area contributed by atoms with Gasteiger partial charge in [-0.05, 0) is 12.1 Å². The molecule has 0 saturated carbocycles. The van der Waals surface area contributed by atoms with Gasteiger partial charge in [-0.2, -0.15) is 0 Å². The van der Waals surface area contributed by atoms with E-state index >= 15 is 0 Å². The molecule has 0 aliphatic rings. The molecule has 0 spiro atoms. The molecule has 0 aliphatic carbocycles. The van der Waals surface area contributed by atoms with Crippen molar-refractivity contribution in [2.45, 2.75) is 12.5 Å². The van der Waals surface area contributed by atoms with Crippen LogP contribution in [0.25, 0.3) is 0 Å². The fourth-order valence-corrected chi connectivity index (χ4v) is 1.42. The summed E-state index contributed by atoms with van der Waals surface area (Å²) in [7, 11) is 0. The van der Waals surface area contributed by atoms with E-state index in [4.69, 9.17) is 10.5 Å². The predicted octanol–water partition coefficient (Wildman–Crippen LogP) is 0.884. The molecule has 0 fully saturated rings. The summed E-state index contributed by atoms with van der Waals surface area (Å²) in [5, 5.41) is 2.50. The molecule has 6 heteroatoms. The van der Waals surface area contributed by atoms with E-state index in [-0.39, 0.29) is 13.0 Å². The lowest BCUT2D eigenvalue weighted by atomic mass is 10.1. The summed E-state index contributed by atoms with van der Waals surface area (Å²) in [5.74, 6) is -1.15. The topological polar surface area (TPSA) is 98.5 Å². The molecule has 3 N–H and O–H groups in total. The number of nitrogens with one attached hydrogen (secondary N) is 1. The highest BCUT2D eigenvalue weighted by Crippen LogP contribution is 2.13. The maximum absolute atomic E-state index is 11.8. The number of hydrogen-bond acceptors (Lipinski definition) is 5. The fourth-order valence-electron chi connectivity index (χ4n) is 1.42. The second-order valence-corrected chi connectivity index (χ2v) is 3.98. The van der Waals surface area contributed by atoms with E-state index in [2.05, 4.69) is 11.9 Å². The van der Waals surface area contributed by atoms with Gasteiger partial charge in [0.2, 0.25) is 5.91 Å². The Hall–Kier alpha value is -2.47. The third-order valence-corrected chi connectivity index (χ3v) is 2.43. The van der Waals surface area contributed by atoms with E-state index in [0.717, 1.165) is 0 Å². The largest absolute Gasteiger partial charge is 0.461 e. The lowest BCUT2D eigenvalue weighted by Gasteiger charge is -2.12. The summed E-state index contributed by atoms with van der Waals surface area (Å²) in [5.41, 5.74) is 6.29. The second-order valence-electron chi connectivity index (χ2n) is 3.98. The van der Waals surface area contributed by atoms with Gasteiger partial charge in [0.05, 0.1) is 18.2 Å². The van der Waals surface area contributed by atoms with E-state index in [1.54, 1.807) is 24.3 Å². The number of esters is 1. The number of rotatable bonds is 7. The Bertz CT molecular complexity index is 514. The minimum Gasteiger partial charge on any atom is -0.461 e. The van der Waals surface area contributed by atoms with Gasteiger partial charge in [-0.15, -0.1) is 0 Å². The maximum Gasteiger partial charge on any atom is 0.308 e. The minimum absolute atomic E-state index is 0.0706. The molecule has 0 aromatic heterocycles. The van der Waals surface area contributed by atoms with Gasteiger partial charge in [-0.1, -0.05) is 24.8 Å². The van der Waals surface area contributed by atoms with Crippen LogP contribution in [0.15, 0.2) is 36.9 Å². The lowest BCUT2D eigenvalue weighted by Crippen LogP contribution is -2.38. The van der Waals surface area contributed by atoms with Crippen LogP contribution in [0, 0.1) is 0 Å². The highest BCUT2D eigenvalue weighted by molar-refractivity contribution is 6.00. The third-order valence-electron chi connectivity index (χ3n) is 2.43. The Labute approximate surface area is 116 Å². The van der Waals surface area contributed by atoms with Crippen LogP contribution in [-0.4, -0.2) is 30.8 Å². The van der Waals surface area contributed by atoms with Gasteiger partial charge in [0.1, 0.15) is 6.61 Å². The maximum atomic E-state index is 11.8. The summed E-state index contributed by atoms with van der Waals surface area (Å²) in [6, 6.07) is 5.43. The van der Waals surface area contributed by atoms with Gasteiger partial charge in [0.15, 0.2) is 6.29 Å². The van der Waals surface area contributed by atoms with Crippen LogP contribution < -0.4 is 11.1 Å². The first-order valence-electron chi connectivity index (χ1n) is 5.95. The number of hydrogen-bond donors (Lipinski definition) is 2. The summed E-state index contributed by atoms with van der Waals surface area (Å²) in [6.07, 6.45) is 1.80. The van der Waals surface area contributed by atoms with Crippen molar-refractivity contribution in [3.8, 4) is 0 Å². The monoisotopic (exact) mass is 276 g/mol. The zero-order chi connectivity index (χ0) is 15.0. The number of carbonyl (C=O) groups is 3. The Morgan fingerprint density at radius 3 is 2.75 bits per heavy atom. The molecular formula is C14H16N2O4. The number of benzene rings is 1. The molecule has 1 aromatic carbocycles. The second kappa shape index (κ2) is 7.85. The van der Waals surface area contributed by atoms with Crippen LogP contribution in [0.1, 0.15) is 16.8 Å². The van der Waals surface area contributed by atoms with Crippen molar-refractivity contribution >= 4 is 23.9 Å². The molecule has 20 heavy (non-hydrogen) atoms. The van der Waals surface area contributed by atoms with E-state index in [1.165, 1.54) is 6.08 Å². The first-order chi connectivity index (χ1) is 9.58. The molecule has 106 valence electrons. The van der Waals surface area contributed by atoms with Crippen molar-refractivity contribution < 1.29 is 19.1 Å². The molecule has 0 unspecified atom stereocenters.